The lowest BCUT2D eigenvalue weighted by molar-refractivity contribution is -0.114. The van der Waals surface area contributed by atoms with E-state index in [1.807, 2.05) is 6.08 Å². The summed E-state index contributed by atoms with van der Waals surface area (Å²) in [6.07, 6.45) is 4.44. The average molecular weight is 214 g/mol. The van der Waals surface area contributed by atoms with Crippen LogP contribution in [0.25, 0.3) is 0 Å². The minimum absolute atomic E-state index is 0.289. The third kappa shape index (κ3) is 2.24. The zero-order chi connectivity index (χ0) is 11.7. The molecule has 0 amide bonds. The van der Waals surface area contributed by atoms with Gasteiger partial charge in [0.2, 0.25) is 0 Å². The molecule has 1 aromatic rings. The number of carbonyl (C=O) groups excluding carboxylic acids is 1. The molecular weight excluding hydrogens is 196 g/mol. The highest BCUT2D eigenvalue weighted by Crippen LogP contribution is 2.24. The van der Waals surface area contributed by atoms with Crippen LogP contribution in [-0.4, -0.2) is 5.78 Å². The molecule has 0 fully saturated rings. The van der Waals surface area contributed by atoms with Crippen molar-refractivity contribution in [3.05, 3.63) is 46.0 Å². The SMILES string of the molecule is Cc1cc(C)c(CC2=CC(=O)CC2)c(C)c1. The minimum atomic E-state index is 0.289. The molecule has 1 aliphatic rings. The van der Waals surface area contributed by atoms with Crippen LogP contribution in [0.4, 0.5) is 0 Å². The van der Waals surface area contributed by atoms with E-state index in [9.17, 15) is 4.79 Å². The molecule has 1 aromatic carbocycles. The van der Waals surface area contributed by atoms with E-state index in [0.29, 0.717) is 6.42 Å². The molecule has 0 saturated carbocycles. The maximum absolute atomic E-state index is 11.2. The molecule has 0 bridgehead atoms. The van der Waals surface area contributed by atoms with Crippen LogP contribution in [0.1, 0.15) is 35.1 Å². The van der Waals surface area contributed by atoms with E-state index in [4.69, 9.17) is 0 Å². The second-order valence-electron chi connectivity index (χ2n) is 4.82. The molecule has 0 atom stereocenters. The van der Waals surface area contributed by atoms with E-state index in [0.717, 1.165) is 12.8 Å². The monoisotopic (exact) mass is 214 g/mol. The average Bonchev–Trinajstić information content (AvgIpc) is 2.58. The summed E-state index contributed by atoms with van der Waals surface area (Å²) >= 11 is 0. The molecule has 0 aromatic heterocycles. The van der Waals surface area contributed by atoms with Gasteiger partial charge in [-0.3, -0.25) is 4.79 Å². The summed E-state index contributed by atoms with van der Waals surface area (Å²) in [5.41, 5.74) is 6.69. The third-order valence-electron chi connectivity index (χ3n) is 3.30. The van der Waals surface area contributed by atoms with Crippen molar-refractivity contribution < 1.29 is 4.79 Å². The molecule has 2 rings (SSSR count). The summed E-state index contributed by atoms with van der Waals surface area (Å²) in [5.74, 6) is 0.289. The first-order valence-electron chi connectivity index (χ1n) is 5.85. The van der Waals surface area contributed by atoms with Crippen molar-refractivity contribution in [1.82, 2.24) is 0 Å². The van der Waals surface area contributed by atoms with Gasteiger partial charge in [-0.25, -0.2) is 0 Å². The Hall–Kier alpha value is -1.37. The minimum Gasteiger partial charge on any atom is -0.295 e. The van der Waals surface area contributed by atoms with Gasteiger partial charge in [0.15, 0.2) is 5.78 Å². The normalized spacial score (nSPS) is 15.4. The van der Waals surface area contributed by atoms with E-state index in [1.54, 1.807) is 0 Å². The van der Waals surface area contributed by atoms with Crippen LogP contribution in [0, 0.1) is 20.8 Å². The molecule has 16 heavy (non-hydrogen) atoms. The molecule has 1 aliphatic carbocycles. The molecule has 0 heterocycles. The predicted octanol–water partition coefficient (Wildman–Crippen LogP) is 3.44. The number of carbonyl (C=O) groups is 1. The van der Waals surface area contributed by atoms with Crippen molar-refractivity contribution >= 4 is 5.78 Å². The topological polar surface area (TPSA) is 17.1 Å². The third-order valence-corrected chi connectivity index (χ3v) is 3.30. The Kier molecular flexibility index (Phi) is 2.95. The molecule has 1 heteroatoms. The Morgan fingerprint density at radius 1 is 1.06 bits per heavy atom. The molecule has 0 N–H and O–H groups in total. The van der Waals surface area contributed by atoms with Gasteiger partial charge in [-0.1, -0.05) is 23.3 Å². The van der Waals surface area contributed by atoms with Gasteiger partial charge in [0, 0.05) is 6.42 Å². The highest BCUT2D eigenvalue weighted by atomic mass is 16.1. The lowest BCUT2D eigenvalue weighted by Crippen LogP contribution is -1.96. The standard InChI is InChI=1S/C15H18O/c1-10-6-11(2)15(12(3)7-10)9-13-4-5-14(16)8-13/h6-8H,4-5,9H2,1-3H3. The fraction of sp³-hybridized carbons (Fsp3) is 0.400. The Morgan fingerprint density at radius 2 is 1.69 bits per heavy atom. The van der Waals surface area contributed by atoms with Crippen molar-refractivity contribution in [3.8, 4) is 0 Å². The van der Waals surface area contributed by atoms with Gasteiger partial charge in [0.25, 0.3) is 0 Å². The zero-order valence-electron chi connectivity index (χ0n) is 10.3. The second-order valence-corrected chi connectivity index (χ2v) is 4.82. The molecule has 0 aliphatic heterocycles. The lowest BCUT2D eigenvalue weighted by atomic mass is 9.94. The first-order valence-corrected chi connectivity index (χ1v) is 5.85. The van der Waals surface area contributed by atoms with Gasteiger partial charge in [0.05, 0.1) is 0 Å². The van der Waals surface area contributed by atoms with Crippen LogP contribution in [-0.2, 0) is 11.2 Å². The first kappa shape index (κ1) is 11.1. The molecule has 0 spiro atoms. The van der Waals surface area contributed by atoms with Crippen LogP contribution in [0.3, 0.4) is 0 Å². The number of allylic oxidation sites excluding steroid dienone is 2. The van der Waals surface area contributed by atoms with Crippen LogP contribution in [0.2, 0.25) is 0 Å². The second kappa shape index (κ2) is 4.25. The van der Waals surface area contributed by atoms with Gasteiger partial charge in [-0.15, -0.1) is 0 Å². The Bertz CT molecular complexity index is 443. The van der Waals surface area contributed by atoms with Gasteiger partial charge in [-0.05, 0) is 56.4 Å². The molecule has 84 valence electrons. The number of hydrogen-bond donors (Lipinski definition) is 0. The van der Waals surface area contributed by atoms with Crippen LogP contribution in [0.15, 0.2) is 23.8 Å². The van der Waals surface area contributed by atoms with E-state index in [-0.39, 0.29) is 5.78 Å². The summed E-state index contributed by atoms with van der Waals surface area (Å²) in [5, 5.41) is 0. The number of hydrogen-bond acceptors (Lipinski definition) is 1. The van der Waals surface area contributed by atoms with Crippen LogP contribution >= 0.6 is 0 Å². The Balaban J connectivity index is 2.28. The van der Waals surface area contributed by atoms with Gasteiger partial charge < -0.3 is 0 Å². The van der Waals surface area contributed by atoms with Crippen molar-refractivity contribution in [2.24, 2.45) is 0 Å². The number of ketones is 1. The molecule has 0 unspecified atom stereocenters. The fourth-order valence-corrected chi connectivity index (χ4v) is 2.51. The van der Waals surface area contributed by atoms with Crippen molar-refractivity contribution in [3.63, 3.8) is 0 Å². The Morgan fingerprint density at radius 3 is 2.19 bits per heavy atom. The maximum Gasteiger partial charge on any atom is 0.155 e. The number of benzene rings is 1. The molecule has 1 nitrogen and oxygen atoms in total. The number of aryl methyl sites for hydroxylation is 3. The molecular formula is C15H18O. The van der Waals surface area contributed by atoms with Gasteiger partial charge in [-0.2, -0.15) is 0 Å². The molecule has 0 saturated heterocycles. The van der Waals surface area contributed by atoms with Crippen molar-refractivity contribution in [1.29, 1.82) is 0 Å². The summed E-state index contributed by atoms with van der Waals surface area (Å²) in [7, 11) is 0. The highest BCUT2D eigenvalue weighted by molar-refractivity contribution is 5.93. The maximum atomic E-state index is 11.2. The predicted molar refractivity (Wildman–Crippen MR) is 66.7 cm³/mol. The van der Waals surface area contributed by atoms with Crippen molar-refractivity contribution in [2.75, 3.05) is 0 Å². The van der Waals surface area contributed by atoms with E-state index >= 15 is 0 Å². The molecule has 0 radical (unpaired) electrons. The van der Waals surface area contributed by atoms with E-state index in [1.165, 1.54) is 27.8 Å². The first-order chi connectivity index (χ1) is 7.56. The van der Waals surface area contributed by atoms with Crippen molar-refractivity contribution in [2.45, 2.75) is 40.0 Å². The lowest BCUT2D eigenvalue weighted by Gasteiger charge is -2.11. The van der Waals surface area contributed by atoms with Gasteiger partial charge in [0.1, 0.15) is 0 Å². The number of rotatable bonds is 2. The van der Waals surface area contributed by atoms with Crippen LogP contribution < -0.4 is 0 Å². The van der Waals surface area contributed by atoms with Gasteiger partial charge >= 0.3 is 0 Å². The highest BCUT2D eigenvalue weighted by Gasteiger charge is 2.14. The summed E-state index contributed by atoms with van der Waals surface area (Å²) in [4.78, 5) is 11.2. The van der Waals surface area contributed by atoms with E-state index in [2.05, 4.69) is 32.9 Å². The Labute approximate surface area is 97.2 Å². The van der Waals surface area contributed by atoms with E-state index < -0.39 is 0 Å². The summed E-state index contributed by atoms with van der Waals surface area (Å²) < 4.78 is 0. The fourth-order valence-electron chi connectivity index (χ4n) is 2.51. The quantitative estimate of drug-likeness (QED) is 0.737. The largest absolute Gasteiger partial charge is 0.295 e. The zero-order valence-corrected chi connectivity index (χ0v) is 10.3. The summed E-state index contributed by atoms with van der Waals surface area (Å²) in [6, 6.07) is 4.44. The smallest absolute Gasteiger partial charge is 0.155 e. The van der Waals surface area contributed by atoms with Crippen LogP contribution in [0.5, 0.6) is 0 Å². The summed E-state index contributed by atoms with van der Waals surface area (Å²) in [6.45, 7) is 6.45.